The van der Waals surface area contributed by atoms with Crippen molar-refractivity contribution in [3.8, 4) is 0 Å². The summed E-state index contributed by atoms with van der Waals surface area (Å²) in [5.41, 5.74) is 2.56. The van der Waals surface area contributed by atoms with Crippen molar-refractivity contribution in [1.29, 1.82) is 0 Å². The minimum Gasteiger partial charge on any atom is -0.329 e. The number of hydrogen-bond donors (Lipinski definition) is 0. The van der Waals surface area contributed by atoms with E-state index in [2.05, 4.69) is 15.0 Å². The van der Waals surface area contributed by atoms with Crippen LogP contribution in [0.25, 0.3) is 11.2 Å². The molecule has 1 aromatic carbocycles. The number of anilines is 2. The minimum atomic E-state index is 0.665. The first-order valence-electron chi connectivity index (χ1n) is 5.71. The van der Waals surface area contributed by atoms with Crippen molar-refractivity contribution in [1.82, 2.24) is 15.0 Å². The fraction of sp³-hybridized carbons (Fsp3) is 0.0714. The molecule has 0 N–H and O–H groups in total. The van der Waals surface area contributed by atoms with Gasteiger partial charge < -0.3 is 4.90 Å². The molecule has 4 nitrogen and oxygen atoms in total. The second-order valence-electron chi connectivity index (χ2n) is 3.96. The summed E-state index contributed by atoms with van der Waals surface area (Å²) >= 11 is 0. The van der Waals surface area contributed by atoms with Crippen LogP contribution < -0.4 is 4.90 Å². The van der Waals surface area contributed by atoms with Crippen LogP contribution in [0.5, 0.6) is 0 Å². The average molecular weight is 236 g/mol. The van der Waals surface area contributed by atoms with Crippen LogP contribution in [0.1, 0.15) is 0 Å². The van der Waals surface area contributed by atoms with Crippen molar-refractivity contribution < 1.29 is 0 Å². The Morgan fingerprint density at radius 2 is 1.67 bits per heavy atom. The molecule has 2 aromatic heterocycles. The lowest BCUT2D eigenvalue weighted by molar-refractivity contribution is 1.12. The summed E-state index contributed by atoms with van der Waals surface area (Å²) in [4.78, 5) is 15.0. The molecule has 0 bridgehead atoms. The second kappa shape index (κ2) is 4.41. The second-order valence-corrected chi connectivity index (χ2v) is 3.96. The average Bonchev–Trinajstić information content (AvgIpc) is 2.47. The van der Waals surface area contributed by atoms with Gasteiger partial charge in [0.2, 0.25) is 0 Å². The van der Waals surface area contributed by atoms with Crippen LogP contribution in [0.4, 0.5) is 11.5 Å². The third-order valence-corrected chi connectivity index (χ3v) is 2.80. The molecule has 18 heavy (non-hydrogen) atoms. The van der Waals surface area contributed by atoms with Crippen LogP contribution >= 0.6 is 0 Å². The predicted molar refractivity (Wildman–Crippen MR) is 71.8 cm³/mol. The van der Waals surface area contributed by atoms with E-state index in [0.717, 1.165) is 17.0 Å². The Hall–Kier alpha value is -2.49. The lowest BCUT2D eigenvalue weighted by atomic mass is 10.3. The molecule has 0 saturated carbocycles. The van der Waals surface area contributed by atoms with Crippen LogP contribution in [-0.2, 0) is 0 Å². The van der Waals surface area contributed by atoms with Crippen LogP contribution in [0.15, 0.2) is 54.9 Å². The first-order valence-corrected chi connectivity index (χ1v) is 5.71. The molecule has 0 amide bonds. The van der Waals surface area contributed by atoms with E-state index in [1.54, 1.807) is 12.4 Å². The molecule has 0 unspecified atom stereocenters. The monoisotopic (exact) mass is 236 g/mol. The Labute approximate surface area is 105 Å². The van der Waals surface area contributed by atoms with Crippen LogP contribution in [0, 0.1) is 0 Å². The Bertz CT molecular complexity index is 667. The Morgan fingerprint density at radius 1 is 0.889 bits per heavy atom. The van der Waals surface area contributed by atoms with Gasteiger partial charge in [-0.3, -0.25) is 4.98 Å². The van der Waals surface area contributed by atoms with Crippen molar-refractivity contribution in [3.63, 3.8) is 0 Å². The molecule has 0 aliphatic rings. The van der Waals surface area contributed by atoms with E-state index in [4.69, 9.17) is 0 Å². The van der Waals surface area contributed by atoms with E-state index in [-0.39, 0.29) is 0 Å². The largest absolute Gasteiger partial charge is 0.329 e. The first kappa shape index (κ1) is 10.7. The topological polar surface area (TPSA) is 41.9 Å². The SMILES string of the molecule is CN(c1ccccc1)c1ccc2nccnc2n1. The Morgan fingerprint density at radius 3 is 2.50 bits per heavy atom. The Balaban J connectivity index is 2.04. The number of nitrogens with zero attached hydrogens (tertiary/aromatic N) is 4. The summed E-state index contributed by atoms with van der Waals surface area (Å²) < 4.78 is 0. The molecule has 4 heteroatoms. The third kappa shape index (κ3) is 1.88. The molecule has 0 saturated heterocycles. The van der Waals surface area contributed by atoms with Crippen molar-refractivity contribution in [2.24, 2.45) is 0 Å². The number of pyridine rings is 1. The number of rotatable bonds is 2. The van der Waals surface area contributed by atoms with E-state index in [9.17, 15) is 0 Å². The van der Waals surface area contributed by atoms with Crippen molar-refractivity contribution >= 4 is 22.7 Å². The standard InChI is InChI=1S/C14H12N4/c1-18(11-5-3-2-4-6-11)13-8-7-12-14(17-13)16-10-9-15-12/h2-10H,1H3. The molecule has 0 spiro atoms. The zero-order chi connectivity index (χ0) is 12.4. The Kier molecular flexibility index (Phi) is 2.61. The zero-order valence-corrected chi connectivity index (χ0v) is 9.99. The van der Waals surface area contributed by atoms with Crippen LogP contribution in [0.3, 0.4) is 0 Å². The lowest BCUT2D eigenvalue weighted by Crippen LogP contribution is -2.11. The summed E-state index contributed by atoms with van der Waals surface area (Å²) in [6.07, 6.45) is 3.33. The number of aromatic nitrogens is 3. The molecule has 0 radical (unpaired) electrons. The van der Waals surface area contributed by atoms with Gasteiger partial charge in [0.25, 0.3) is 0 Å². The number of hydrogen-bond acceptors (Lipinski definition) is 4. The highest BCUT2D eigenvalue weighted by atomic mass is 15.2. The van der Waals surface area contributed by atoms with Gasteiger partial charge in [0.15, 0.2) is 5.65 Å². The van der Waals surface area contributed by atoms with Gasteiger partial charge in [0.05, 0.1) is 0 Å². The van der Waals surface area contributed by atoms with Gasteiger partial charge in [-0.1, -0.05) is 18.2 Å². The molecular weight excluding hydrogens is 224 g/mol. The highest BCUT2D eigenvalue weighted by Gasteiger charge is 2.06. The molecule has 0 aliphatic carbocycles. The molecule has 3 rings (SSSR count). The van der Waals surface area contributed by atoms with Gasteiger partial charge >= 0.3 is 0 Å². The normalized spacial score (nSPS) is 10.5. The molecule has 0 atom stereocenters. The lowest BCUT2D eigenvalue weighted by Gasteiger charge is -2.18. The summed E-state index contributed by atoms with van der Waals surface area (Å²) in [6, 6.07) is 14.0. The van der Waals surface area contributed by atoms with Crippen molar-refractivity contribution in [2.45, 2.75) is 0 Å². The van der Waals surface area contributed by atoms with Gasteiger partial charge in [-0.25, -0.2) is 9.97 Å². The molecule has 88 valence electrons. The predicted octanol–water partition coefficient (Wildman–Crippen LogP) is 2.79. The van der Waals surface area contributed by atoms with Gasteiger partial charge in [0, 0.05) is 25.1 Å². The van der Waals surface area contributed by atoms with E-state index in [1.165, 1.54) is 0 Å². The number of para-hydroxylation sites is 1. The molecule has 2 heterocycles. The third-order valence-electron chi connectivity index (χ3n) is 2.80. The van der Waals surface area contributed by atoms with Gasteiger partial charge in [0.1, 0.15) is 11.3 Å². The summed E-state index contributed by atoms with van der Waals surface area (Å²) in [5, 5.41) is 0. The summed E-state index contributed by atoms with van der Waals surface area (Å²) in [7, 11) is 1.99. The van der Waals surface area contributed by atoms with Gasteiger partial charge in [-0.2, -0.15) is 0 Å². The van der Waals surface area contributed by atoms with Crippen molar-refractivity contribution in [2.75, 3.05) is 11.9 Å². The van der Waals surface area contributed by atoms with Gasteiger partial charge in [-0.15, -0.1) is 0 Å². The van der Waals surface area contributed by atoms with E-state index in [1.807, 2.05) is 54.4 Å². The fourth-order valence-electron chi connectivity index (χ4n) is 1.82. The zero-order valence-electron chi connectivity index (χ0n) is 9.99. The van der Waals surface area contributed by atoms with Gasteiger partial charge in [-0.05, 0) is 24.3 Å². The maximum absolute atomic E-state index is 4.50. The smallest absolute Gasteiger partial charge is 0.180 e. The molecule has 0 fully saturated rings. The quantitative estimate of drug-likeness (QED) is 0.686. The van der Waals surface area contributed by atoms with E-state index in [0.29, 0.717) is 5.65 Å². The summed E-state index contributed by atoms with van der Waals surface area (Å²) in [6.45, 7) is 0. The maximum Gasteiger partial charge on any atom is 0.180 e. The highest BCUT2D eigenvalue weighted by molar-refractivity contribution is 5.73. The maximum atomic E-state index is 4.50. The summed E-state index contributed by atoms with van der Waals surface area (Å²) in [5.74, 6) is 0.856. The highest BCUT2D eigenvalue weighted by Crippen LogP contribution is 2.22. The first-order chi connectivity index (χ1) is 8.84. The van der Waals surface area contributed by atoms with Crippen LogP contribution in [0.2, 0.25) is 0 Å². The van der Waals surface area contributed by atoms with Crippen molar-refractivity contribution in [3.05, 3.63) is 54.9 Å². The number of fused-ring (bicyclic) bond motifs is 1. The fourth-order valence-corrected chi connectivity index (χ4v) is 1.82. The van der Waals surface area contributed by atoms with Crippen LogP contribution in [-0.4, -0.2) is 22.0 Å². The van der Waals surface area contributed by atoms with E-state index >= 15 is 0 Å². The molecule has 0 aliphatic heterocycles. The minimum absolute atomic E-state index is 0.665. The molecule has 3 aromatic rings. The number of benzene rings is 1. The van der Waals surface area contributed by atoms with E-state index < -0.39 is 0 Å². The molecular formula is C14H12N4.